The van der Waals surface area contributed by atoms with Crippen LogP contribution in [0.15, 0.2) is 91.0 Å². The van der Waals surface area contributed by atoms with Crippen molar-refractivity contribution in [3.05, 3.63) is 107 Å². The van der Waals surface area contributed by atoms with Crippen LogP contribution in [0.25, 0.3) is 33.6 Å². The summed E-state index contributed by atoms with van der Waals surface area (Å²) >= 11 is 0. The fraction of sp³-hybridized carbons (Fsp3) is 0. The van der Waals surface area contributed by atoms with Crippen molar-refractivity contribution in [3.8, 4) is 39.7 Å². The zero-order valence-electron chi connectivity index (χ0n) is 15.3. The lowest BCUT2D eigenvalue weighted by Crippen LogP contribution is -1.97. The summed E-state index contributed by atoms with van der Waals surface area (Å²) in [5, 5.41) is 20.9. The van der Waals surface area contributed by atoms with Gasteiger partial charge in [-0.15, -0.1) is 0 Å². The molecule has 0 spiro atoms. The van der Waals surface area contributed by atoms with E-state index in [-0.39, 0.29) is 5.69 Å². The van der Waals surface area contributed by atoms with Crippen LogP contribution in [-0.4, -0.2) is 9.91 Å². The fourth-order valence-corrected chi connectivity index (χ4v) is 3.21. The molecule has 0 aliphatic rings. The first-order valence-corrected chi connectivity index (χ1v) is 8.98. The van der Waals surface area contributed by atoms with Gasteiger partial charge in [0.05, 0.1) is 21.9 Å². The van der Waals surface area contributed by atoms with Crippen molar-refractivity contribution in [2.75, 3.05) is 0 Å². The predicted molar refractivity (Wildman–Crippen MR) is 112 cm³/mol. The summed E-state index contributed by atoms with van der Waals surface area (Å²) < 4.78 is 0. The van der Waals surface area contributed by atoms with Crippen molar-refractivity contribution in [2.45, 2.75) is 0 Å². The number of hydrogen-bond donors (Lipinski definition) is 0. The van der Waals surface area contributed by atoms with E-state index in [0.29, 0.717) is 16.8 Å². The smallest absolute Gasteiger partial charge is 0.258 e. The number of benzene rings is 3. The zero-order valence-corrected chi connectivity index (χ0v) is 15.3. The fourth-order valence-electron chi connectivity index (χ4n) is 3.21. The Morgan fingerprint density at radius 3 is 1.93 bits per heavy atom. The van der Waals surface area contributed by atoms with Gasteiger partial charge in [0.1, 0.15) is 6.07 Å². The van der Waals surface area contributed by atoms with E-state index in [0.717, 1.165) is 22.4 Å². The number of aromatic nitrogens is 1. The lowest BCUT2D eigenvalue weighted by molar-refractivity contribution is -0.384. The van der Waals surface area contributed by atoms with E-state index in [1.54, 1.807) is 12.1 Å². The Kier molecular flexibility index (Phi) is 4.83. The molecule has 5 nitrogen and oxygen atoms in total. The number of non-ortho nitro benzene ring substituents is 1. The van der Waals surface area contributed by atoms with Gasteiger partial charge in [-0.05, 0) is 23.8 Å². The molecular formula is C24H15N3O2. The van der Waals surface area contributed by atoms with E-state index < -0.39 is 4.92 Å². The molecule has 0 aliphatic heterocycles. The second-order valence-corrected chi connectivity index (χ2v) is 6.43. The highest BCUT2D eigenvalue weighted by molar-refractivity contribution is 5.83. The van der Waals surface area contributed by atoms with Gasteiger partial charge >= 0.3 is 0 Å². The molecule has 3 aromatic carbocycles. The molecule has 4 aromatic rings. The third-order valence-electron chi connectivity index (χ3n) is 4.64. The Hall–Kier alpha value is -4.30. The second kappa shape index (κ2) is 7.75. The molecule has 5 heteroatoms. The molecule has 0 radical (unpaired) electrons. The Labute approximate surface area is 167 Å². The van der Waals surface area contributed by atoms with E-state index >= 15 is 0 Å². The average molecular weight is 377 g/mol. The molecule has 0 amide bonds. The summed E-state index contributed by atoms with van der Waals surface area (Å²) in [7, 11) is 0. The van der Waals surface area contributed by atoms with Crippen molar-refractivity contribution < 1.29 is 4.92 Å². The number of nitro groups is 1. The Balaban J connectivity index is 1.98. The topological polar surface area (TPSA) is 79.8 Å². The van der Waals surface area contributed by atoms with Crippen molar-refractivity contribution in [3.63, 3.8) is 0 Å². The van der Waals surface area contributed by atoms with Gasteiger partial charge in [0.25, 0.3) is 5.69 Å². The Morgan fingerprint density at radius 2 is 1.38 bits per heavy atom. The van der Waals surface area contributed by atoms with Crippen molar-refractivity contribution in [1.29, 1.82) is 5.26 Å². The summed E-state index contributed by atoms with van der Waals surface area (Å²) in [6.07, 6.45) is 0. The minimum absolute atomic E-state index is 0.00730. The maximum absolute atomic E-state index is 11.0. The predicted octanol–water partition coefficient (Wildman–Crippen LogP) is 5.86. The molecule has 0 N–H and O–H groups in total. The van der Waals surface area contributed by atoms with Gasteiger partial charge in [0.15, 0.2) is 0 Å². The minimum Gasteiger partial charge on any atom is -0.258 e. The van der Waals surface area contributed by atoms with Gasteiger partial charge < -0.3 is 0 Å². The molecule has 1 heterocycles. The summed E-state index contributed by atoms with van der Waals surface area (Å²) in [6.45, 7) is 0. The monoisotopic (exact) mass is 377 g/mol. The van der Waals surface area contributed by atoms with Crippen LogP contribution in [0.1, 0.15) is 5.56 Å². The van der Waals surface area contributed by atoms with Gasteiger partial charge in [0, 0.05) is 28.8 Å². The molecule has 1 aromatic heterocycles. The highest BCUT2D eigenvalue weighted by atomic mass is 16.6. The standard InChI is InChI=1S/C24H15N3O2/c25-16-22-21(17-11-13-20(14-12-17)27(28)29)15-23(18-7-3-1-4-8-18)26-24(22)19-9-5-2-6-10-19/h1-15H. The summed E-state index contributed by atoms with van der Waals surface area (Å²) in [4.78, 5) is 15.3. The van der Waals surface area contributed by atoms with Crippen LogP contribution in [-0.2, 0) is 0 Å². The molecule has 29 heavy (non-hydrogen) atoms. The van der Waals surface area contributed by atoms with Crippen molar-refractivity contribution in [2.24, 2.45) is 0 Å². The van der Waals surface area contributed by atoms with E-state index in [9.17, 15) is 15.4 Å². The lowest BCUT2D eigenvalue weighted by atomic mass is 9.94. The number of nitro benzene ring substituents is 1. The van der Waals surface area contributed by atoms with Gasteiger partial charge in [-0.25, -0.2) is 4.98 Å². The number of hydrogen-bond acceptors (Lipinski definition) is 4. The second-order valence-electron chi connectivity index (χ2n) is 6.43. The Bertz CT molecular complexity index is 1210. The third kappa shape index (κ3) is 3.60. The summed E-state index contributed by atoms with van der Waals surface area (Å²) in [6, 6.07) is 29.6. The van der Waals surface area contributed by atoms with Crippen molar-refractivity contribution >= 4 is 5.69 Å². The molecule has 0 fully saturated rings. The van der Waals surface area contributed by atoms with E-state index in [1.165, 1.54) is 12.1 Å². The van der Waals surface area contributed by atoms with Crippen LogP contribution in [0.5, 0.6) is 0 Å². The number of rotatable bonds is 4. The molecule has 0 atom stereocenters. The van der Waals surface area contributed by atoms with Crippen LogP contribution >= 0.6 is 0 Å². The van der Waals surface area contributed by atoms with E-state index in [4.69, 9.17) is 4.98 Å². The van der Waals surface area contributed by atoms with Gasteiger partial charge in [-0.2, -0.15) is 5.26 Å². The molecule has 4 rings (SSSR count). The van der Waals surface area contributed by atoms with Crippen LogP contribution < -0.4 is 0 Å². The van der Waals surface area contributed by atoms with Crippen LogP contribution in [0.4, 0.5) is 5.69 Å². The molecule has 0 saturated carbocycles. The normalized spacial score (nSPS) is 10.3. The molecule has 0 unspecified atom stereocenters. The van der Waals surface area contributed by atoms with E-state index in [2.05, 4.69) is 6.07 Å². The quantitative estimate of drug-likeness (QED) is 0.329. The molecule has 138 valence electrons. The Morgan fingerprint density at radius 1 is 0.793 bits per heavy atom. The first kappa shape index (κ1) is 18.1. The molecule has 0 saturated heterocycles. The maximum Gasteiger partial charge on any atom is 0.269 e. The zero-order chi connectivity index (χ0) is 20.2. The van der Waals surface area contributed by atoms with E-state index in [1.807, 2.05) is 66.7 Å². The van der Waals surface area contributed by atoms with Crippen LogP contribution in [0.3, 0.4) is 0 Å². The third-order valence-corrected chi connectivity index (χ3v) is 4.64. The first-order chi connectivity index (χ1) is 14.2. The number of nitrogens with zero attached hydrogens (tertiary/aromatic N) is 3. The van der Waals surface area contributed by atoms with Gasteiger partial charge in [0.2, 0.25) is 0 Å². The number of nitriles is 1. The van der Waals surface area contributed by atoms with Crippen molar-refractivity contribution in [1.82, 2.24) is 4.98 Å². The lowest BCUT2D eigenvalue weighted by Gasteiger charge is -2.13. The average Bonchev–Trinajstić information content (AvgIpc) is 2.79. The minimum atomic E-state index is -0.438. The largest absolute Gasteiger partial charge is 0.269 e. The molecule has 0 bridgehead atoms. The maximum atomic E-state index is 11.0. The van der Waals surface area contributed by atoms with Crippen LogP contribution in [0.2, 0.25) is 0 Å². The highest BCUT2D eigenvalue weighted by Crippen LogP contribution is 2.35. The van der Waals surface area contributed by atoms with Gasteiger partial charge in [-0.1, -0.05) is 60.7 Å². The first-order valence-electron chi connectivity index (χ1n) is 8.98. The van der Waals surface area contributed by atoms with Gasteiger partial charge in [-0.3, -0.25) is 10.1 Å². The molecular weight excluding hydrogens is 362 g/mol. The number of pyridine rings is 1. The summed E-state index contributed by atoms with van der Waals surface area (Å²) in [5.41, 5.74) is 4.94. The highest BCUT2D eigenvalue weighted by Gasteiger charge is 2.17. The molecule has 0 aliphatic carbocycles. The summed E-state index contributed by atoms with van der Waals surface area (Å²) in [5.74, 6) is 0. The SMILES string of the molecule is N#Cc1c(-c2ccc([N+](=O)[O-])cc2)cc(-c2ccccc2)nc1-c1ccccc1. The van der Waals surface area contributed by atoms with Crippen LogP contribution in [0, 0.1) is 21.4 Å².